The van der Waals surface area contributed by atoms with Gasteiger partial charge in [-0.15, -0.1) is 0 Å². The van der Waals surface area contributed by atoms with Crippen molar-refractivity contribution in [1.82, 2.24) is 19.5 Å². The van der Waals surface area contributed by atoms with Crippen LogP contribution in [0.2, 0.25) is 0 Å². The number of aromatic nitrogens is 4. The molecule has 2 heterocycles. The van der Waals surface area contributed by atoms with Gasteiger partial charge in [0, 0.05) is 12.4 Å². The first-order valence-electron chi connectivity index (χ1n) is 4.57. The number of imidazole rings is 2. The van der Waals surface area contributed by atoms with Gasteiger partial charge in [0.1, 0.15) is 11.8 Å². The molecule has 0 aliphatic heterocycles. The van der Waals surface area contributed by atoms with Crippen LogP contribution in [-0.4, -0.2) is 19.5 Å². The van der Waals surface area contributed by atoms with Crippen LogP contribution < -0.4 is 5.73 Å². The van der Waals surface area contributed by atoms with Crippen molar-refractivity contribution in [1.29, 1.82) is 0 Å². The van der Waals surface area contributed by atoms with Gasteiger partial charge in [-0.1, -0.05) is 6.07 Å². The molecule has 1 aromatic carbocycles. The number of H-pyrrole nitrogens is 1. The van der Waals surface area contributed by atoms with Crippen molar-refractivity contribution in [3.05, 3.63) is 36.9 Å². The zero-order valence-corrected chi connectivity index (χ0v) is 7.88. The predicted octanol–water partition coefficient (Wildman–Crippen LogP) is 1.33. The standard InChI is InChI=1S/C10H9N5/c11-7-2-1-3-8-9(7)14-10(13-8)15-5-4-12-6-15/h1-6H,11H2,(H,13,14). The number of anilines is 1. The molecular weight excluding hydrogens is 190 g/mol. The van der Waals surface area contributed by atoms with Crippen LogP contribution in [0.4, 0.5) is 5.69 Å². The monoisotopic (exact) mass is 199 g/mol. The molecule has 0 saturated carbocycles. The Kier molecular flexibility index (Phi) is 1.53. The Morgan fingerprint density at radius 2 is 2.27 bits per heavy atom. The number of aromatic amines is 1. The van der Waals surface area contributed by atoms with E-state index in [1.54, 1.807) is 17.1 Å². The minimum Gasteiger partial charge on any atom is -0.397 e. The Hall–Kier alpha value is -2.30. The lowest BCUT2D eigenvalue weighted by Crippen LogP contribution is -1.91. The fourth-order valence-electron chi connectivity index (χ4n) is 1.55. The minimum absolute atomic E-state index is 0.676. The number of hydrogen-bond donors (Lipinski definition) is 2. The Morgan fingerprint density at radius 1 is 1.33 bits per heavy atom. The van der Waals surface area contributed by atoms with Crippen LogP contribution in [0.3, 0.4) is 0 Å². The third-order valence-electron chi connectivity index (χ3n) is 2.28. The number of rotatable bonds is 1. The van der Waals surface area contributed by atoms with Crippen molar-refractivity contribution < 1.29 is 0 Å². The van der Waals surface area contributed by atoms with Crippen LogP contribution in [0.15, 0.2) is 36.9 Å². The molecule has 2 aromatic heterocycles. The average Bonchev–Trinajstić information content (AvgIpc) is 2.86. The largest absolute Gasteiger partial charge is 0.397 e. The molecule has 5 heteroatoms. The summed E-state index contributed by atoms with van der Waals surface area (Å²) in [6.07, 6.45) is 5.22. The zero-order chi connectivity index (χ0) is 10.3. The van der Waals surface area contributed by atoms with E-state index in [0.29, 0.717) is 5.69 Å². The van der Waals surface area contributed by atoms with E-state index in [1.807, 2.05) is 24.4 Å². The molecule has 0 radical (unpaired) electrons. The predicted molar refractivity (Wildman–Crippen MR) is 57.6 cm³/mol. The van der Waals surface area contributed by atoms with Gasteiger partial charge in [0.05, 0.1) is 11.2 Å². The highest BCUT2D eigenvalue weighted by molar-refractivity contribution is 5.87. The molecule has 74 valence electrons. The van der Waals surface area contributed by atoms with Gasteiger partial charge >= 0.3 is 0 Å². The summed E-state index contributed by atoms with van der Waals surface area (Å²) >= 11 is 0. The number of benzene rings is 1. The third-order valence-corrected chi connectivity index (χ3v) is 2.28. The number of nitrogen functional groups attached to an aromatic ring is 1. The number of nitrogens with two attached hydrogens (primary N) is 1. The van der Waals surface area contributed by atoms with Gasteiger partial charge in [-0.25, -0.2) is 9.97 Å². The van der Waals surface area contributed by atoms with E-state index in [4.69, 9.17) is 5.73 Å². The second kappa shape index (κ2) is 2.84. The van der Waals surface area contributed by atoms with E-state index in [1.165, 1.54) is 0 Å². The van der Waals surface area contributed by atoms with Crippen LogP contribution in [0.25, 0.3) is 17.0 Å². The first-order chi connectivity index (χ1) is 7.34. The number of para-hydroxylation sites is 1. The molecule has 3 rings (SSSR count). The average molecular weight is 199 g/mol. The number of hydrogen-bond acceptors (Lipinski definition) is 3. The second-order valence-electron chi connectivity index (χ2n) is 3.27. The summed E-state index contributed by atoms with van der Waals surface area (Å²) in [5.41, 5.74) is 8.21. The highest BCUT2D eigenvalue weighted by Gasteiger charge is 2.05. The van der Waals surface area contributed by atoms with Gasteiger partial charge < -0.3 is 10.7 Å². The summed E-state index contributed by atoms with van der Waals surface area (Å²) in [5.74, 6) is 0.723. The molecule has 0 atom stereocenters. The van der Waals surface area contributed by atoms with Crippen molar-refractivity contribution in [2.45, 2.75) is 0 Å². The number of fused-ring (bicyclic) bond motifs is 1. The lowest BCUT2D eigenvalue weighted by Gasteiger charge is -1.92. The maximum Gasteiger partial charge on any atom is 0.213 e. The van der Waals surface area contributed by atoms with E-state index < -0.39 is 0 Å². The van der Waals surface area contributed by atoms with Crippen molar-refractivity contribution in [2.24, 2.45) is 0 Å². The Balaban J connectivity index is 2.27. The highest BCUT2D eigenvalue weighted by Crippen LogP contribution is 2.19. The Bertz CT molecular complexity index is 593. The molecule has 0 aliphatic rings. The molecule has 0 bridgehead atoms. The quantitative estimate of drug-likeness (QED) is 0.581. The van der Waals surface area contributed by atoms with Gasteiger partial charge in [-0.3, -0.25) is 4.57 Å². The lowest BCUT2D eigenvalue weighted by molar-refractivity contribution is 0.967. The summed E-state index contributed by atoms with van der Waals surface area (Å²) in [5, 5.41) is 0. The molecule has 5 nitrogen and oxygen atoms in total. The molecular formula is C10H9N5. The Morgan fingerprint density at radius 3 is 3.00 bits per heavy atom. The molecule has 0 saturated heterocycles. The van der Waals surface area contributed by atoms with E-state index in [9.17, 15) is 0 Å². The van der Waals surface area contributed by atoms with Crippen LogP contribution in [0.5, 0.6) is 0 Å². The zero-order valence-electron chi connectivity index (χ0n) is 7.88. The van der Waals surface area contributed by atoms with Gasteiger partial charge in [0.2, 0.25) is 5.95 Å². The van der Waals surface area contributed by atoms with Crippen molar-refractivity contribution in [2.75, 3.05) is 5.73 Å². The van der Waals surface area contributed by atoms with Gasteiger partial charge in [-0.2, -0.15) is 0 Å². The summed E-state index contributed by atoms with van der Waals surface area (Å²) in [6.45, 7) is 0. The van der Waals surface area contributed by atoms with Gasteiger partial charge in [-0.05, 0) is 12.1 Å². The summed E-state index contributed by atoms with van der Waals surface area (Å²) < 4.78 is 1.80. The molecule has 15 heavy (non-hydrogen) atoms. The molecule has 3 aromatic rings. The molecule has 0 spiro atoms. The second-order valence-corrected chi connectivity index (χ2v) is 3.27. The highest BCUT2D eigenvalue weighted by atomic mass is 15.2. The maximum atomic E-state index is 5.82. The summed E-state index contributed by atoms with van der Waals surface area (Å²) in [4.78, 5) is 11.5. The van der Waals surface area contributed by atoms with E-state index >= 15 is 0 Å². The molecule has 3 N–H and O–H groups in total. The summed E-state index contributed by atoms with van der Waals surface area (Å²) in [6, 6.07) is 5.67. The van der Waals surface area contributed by atoms with Gasteiger partial charge in [0.25, 0.3) is 0 Å². The fourth-order valence-corrected chi connectivity index (χ4v) is 1.55. The number of nitrogens with one attached hydrogen (secondary N) is 1. The number of nitrogens with zero attached hydrogens (tertiary/aromatic N) is 3. The third kappa shape index (κ3) is 1.17. The van der Waals surface area contributed by atoms with Crippen LogP contribution >= 0.6 is 0 Å². The van der Waals surface area contributed by atoms with Crippen molar-refractivity contribution in [3.63, 3.8) is 0 Å². The molecule has 0 aliphatic carbocycles. The van der Waals surface area contributed by atoms with Crippen LogP contribution in [0, 0.1) is 0 Å². The molecule has 0 amide bonds. The molecule has 0 unspecified atom stereocenters. The summed E-state index contributed by atoms with van der Waals surface area (Å²) in [7, 11) is 0. The molecule has 0 fully saturated rings. The van der Waals surface area contributed by atoms with Gasteiger partial charge in [0.15, 0.2) is 0 Å². The van der Waals surface area contributed by atoms with E-state index in [0.717, 1.165) is 17.0 Å². The van der Waals surface area contributed by atoms with Crippen molar-refractivity contribution in [3.8, 4) is 5.95 Å². The first kappa shape index (κ1) is 8.05. The maximum absolute atomic E-state index is 5.82. The van der Waals surface area contributed by atoms with Crippen molar-refractivity contribution >= 4 is 16.7 Å². The van der Waals surface area contributed by atoms with Crippen LogP contribution in [-0.2, 0) is 0 Å². The normalized spacial score (nSPS) is 10.9. The first-order valence-corrected chi connectivity index (χ1v) is 4.57. The smallest absolute Gasteiger partial charge is 0.213 e. The Labute approximate surface area is 85.6 Å². The lowest BCUT2D eigenvalue weighted by atomic mass is 10.3. The minimum atomic E-state index is 0.676. The topological polar surface area (TPSA) is 72.5 Å². The van der Waals surface area contributed by atoms with E-state index in [2.05, 4.69) is 15.0 Å². The van der Waals surface area contributed by atoms with E-state index in [-0.39, 0.29) is 0 Å². The fraction of sp³-hybridized carbons (Fsp3) is 0. The van der Waals surface area contributed by atoms with Crippen LogP contribution in [0.1, 0.15) is 0 Å². The SMILES string of the molecule is Nc1cccc2[nH]c(-n3ccnc3)nc12.